The van der Waals surface area contributed by atoms with Crippen LogP contribution in [0.1, 0.15) is 50.8 Å². The minimum Gasteiger partial charge on any atom is -0.463 e. The van der Waals surface area contributed by atoms with E-state index in [9.17, 15) is 33.7 Å². The van der Waals surface area contributed by atoms with E-state index in [1.165, 1.54) is 19.1 Å². The molecule has 0 saturated carbocycles. The molecule has 0 aliphatic carbocycles. The van der Waals surface area contributed by atoms with Crippen LogP contribution in [0, 0.1) is 11.3 Å². The van der Waals surface area contributed by atoms with Crippen LogP contribution in [-0.2, 0) is 44.0 Å². The third-order valence-corrected chi connectivity index (χ3v) is 8.22. The number of carbonyl (C=O) groups excluding carboxylic acids is 2. The molecule has 2 unspecified atom stereocenters. The van der Waals surface area contributed by atoms with Crippen LogP contribution in [0.5, 0.6) is 5.75 Å². The zero-order valence-corrected chi connectivity index (χ0v) is 25.6. The zero-order chi connectivity index (χ0) is 32.8. The van der Waals surface area contributed by atoms with Crippen molar-refractivity contribution in [3.05, 3.63) is 61.9 Å². The van der Waals surface area contributed by atoms with Gasteiger partial charge in [-0.2, -0.15) is 5.26 Å². The fraction of sp³-hybridized carbons (Fsp3) is 0.519. The van der Waals surface area contributed by atoms with Crippen LogP contribution in [0.3, 0.4) is 0 Å². The largest absolute Gasteiger partial charge is 0.530 e. The lowest BCUT2D eigenvalue weighted by molar-refractivity contribution is -0.267. The van der Waals surface area contributed by atoms with Crippen LogP contribution < -0.4 is 15.8 Å². The Hall–Kier alpha value is -3.39. The molecule has 4 rings (SSSR count). The summed E-state index contributed by atoms with van der Waals surface area (Å²) in [5.74, 6) is -4.41. The molecule has 2 aromatic rings. The lowest BCUT2D eigenvalue weighted by Crippen LogP contribution is -2.53. The van der Waals surface area contributed by atoms with Crippen LogP contribution in [0.15, 0.2) is 40.1 Å². The molecule has 1 aromatic carbocycles. The maximum atomic E-state index is 13.5. The van der Waals surface area contributed by atoms with Crippen LogP contribution in [0.2, 0.25) is 5.02 Å². The minimum absolute atomic E-state index is 0.0823. The Balaban J connectivity index is 1.70. The smallest absolute Gasteiger partial charge is 0.463 e. The third-order valence-electron chi connectivity index (χ3n) is 6.84. The Morgan fingerprint density at radius 1 is 1.29 bits per heavy atom. The summed E-state index contributed by atoms with van der Waals surface area (Å²) in [6, 6.07) is 7.27. The van der Waals surface area contributed by atoms with Crippen molar-refractivity contribution in [1.29, 1.82) is 5.26 Å². The molecule has 1 aromatic heterocycles. The number of nitrogens with zero attached hydrogens (tertiary/aromatic N) is 2. The number of halogens is 1. The Kier molecular flexibility index (Phi) is 11.3. The van der Waals surface area contributed by atoms with E-state index >= 15 is 0 Å². The number of aliphatic hydroxyl groups is 1. The summed E-state index contributed by atoms with van der Waals surface area (Å²) in [6.45, 7) is 0.779. The van der Waals surface area contributed by atoms with Crippen LogP contribution >= 0.6 is 19.4 Å². The highest BCUT2D eigenvalue weighted by Gasteiger charge is 2.63. The highest BCUT2D eigenvalue weighted by molar-refractivity contribution is 7.47. The van der Waals surface area contributed by atoms with E-state index in [1.807, 2.05) is 11.1 Å². The molecule has 16 nitrogen and oxygen atoms in total. The Labute approximate surface area is 260 Å². The Morgan fingerprint density at radius 2 is 2.07 bits per heavy atom. The van der Waals surface area contributed by atoms with Gasteiger partial charge in [-0.15, -0.1) is 0 Å². The maximum absolute atomic E-state index is 13.5. The number of Topliss-reactive ketones (excluding diaryl/α,β-unsaturated/α-hetero) is 1. The van der Waals surface area contributed by atoms with Crippen LogP contribution in [-0.4, -0.2) is 68.8 Å². The van der Waals surface area contributed by atoms with Gasteiger partial charge in [0.25, 0.3) is 5.56 Å². The summed E-state index contributed by atoms with van der Waals surface area (Å²) in [5, 5.41) is 20.8. The topological polar surface area (TPSA) is 226 Å². The summed E-state index contributed by atoms with van der Waals surface area (Å²) < 4.78 is 47.4. The monoisotopic (exact) mass is 671 g/mol. The summed E-state index contributed by atoms with van der Waals surface area (Å²) in [5.41, 5.74) is -1.29. The number of ether oxygens (including phenoxy) is 4. The van der Waals surface area contributed by atoms with Gasteiger partial charge < -0.3 is 33.4 Å². The molecular weight excluding hydrogens is 641 g/mol. The van der Waals surface area contributed by atoms with E-state index in [4.69, 9.17) is 44.9 Å². The first-order valence-corrected chi connectivity index (χ1v) is 15.7. The highest BCUT2D eigenvalue weighted by Crippen LogP contribution is 2.54. The maximum Gasteiger partial charge on any atom is 0.530 e. The van der Waals surface area contributed by atoms with Gasteiger partial charge in [0.15, 0.2) is 24.7 Å². The summed E-state index contributed by atoms with van der Waals surface area (Å²) in [7, 11) is -5.36. The first kappa shape index (κ1) is 34.5. The molecular formula is C27H31ClN3O13P. The number of ketones is 1. The second kappa shape index (κ2) is 14.8. The number of aromatic nitrogens is 2. The molecule has 0 spiro atoms. The molecule has 45 heavy (non-hydrogen) atoms. The average molecular weight is 672 g/mol. The van der Waals surface area contributed by atoms with Crippen LogP contribution in [0.25, 0.3) is 0 Å². The number of nitriles is 1. The molecule has 18 heteroatoms. The van der Waals surface area contributed by atoms with Gasteiger partial charge in [0.2, 0.25) is 5.79 Å². The molecule has 0 amide bonds. The van der Waals surface area contributed by atoms with Gasteiger partial charge in [-0.1, -0.05) is 23.7 Å². The molecule has 2 fully saturated rings. The minimum atomic E-state index is -5.36. The molecule has 2 aliphatic heterocycles. The van der Waals surface area contributed by atoms with Crippen molar-refractivity contribution in [3.63, 3.8) is 0 Å². The first-order valence-electron chi connectivity index (χ1n) is 13.8. The number of hydrogen-bond acceptors (Lipinski definition) is 13. The summed E-state index contributed by atoms with van der Waals surface area (Å²) >= 11 is 6.34. The normalized spacial score (nSPS) is 25.8. The number of carbonyl (C=O) groups is 2. The molecule has 3 N–H and O–H groups in total. The number of aromatic amines is 1. The molecule has 6 atom stereocenters. The van der Waals surface area contributed by atoms with E-state index in [0.717, 1.165) is 16.8 Å². The summed E-state index contributed by atoms with van der Waals surface area (Å²) in [4.78, 5) is 61.0. The Bertz CT molecular complexity index is 1600. The van der Waals surface area contributed by atoms with E-state index in [2.05, 4.69) is 0 Å². The average Bonchev–Trinajstić information content (AvgIpc) is 3.57. The predicted molar refractivity (Wildman–Crippen MR) is 152 cm³/mol. The standard InChI is InChI=1S/C27H31ClN3O13P/c1-16(32)9-10-21(34)40-15-19-27(36,44-45(37,38)43-18-7-2-5-17(23(18)28)6-3-12-29)24(42-22-8-4-14-39-22)25(41-19)31-13-11-20(33)30-26(31)35/h2,5,7,11,13,19,22,24-25,36H,3-4,6,8-10,14-15H2,1H3,(H,37,38)(H,30,33,35)/t19-,22?,24+,25-,27+/m1/s1. The number of benzene rings is 1. The second-order valence-electron chi connectivity index (χ2n) is 10.2. The molecule has 0 bridgehead atoms. The number of hydrogen-bond donors (Lipinski definition) is 3. The number of aryl methyl sites for hydroxylation is 1. The number of H-pyrrole nitrogens is 1. The lowest BCUT2D eigenvalue weighted by Gasteiger charge is -2.34. The molecule has 0 radical (unpaired) electrons. The quantitative estimate of drug-likeness (QED) is 0.148. The molecule has 2 aliphatic rings. The van der Waals surface area contributed by atoms with E-state index in [1.54, 1.807) is 6.07 Å². The van der Waals surface area contributed by atoms with Crippen molar-refractivity contribution in [2.24, 2.45) is 0 Å². The molecule has 244 valence electrons. The lowest BCUT2D eigenvalue weighted by atomic mass is 10.1. The van der Waals surface area contributed by atoms with Gasteiger partial charge in [-0.3, -0.25) is 24.0 Å². The predicted octanol–water partition coefficient (Wildman–Crippen LogP) is 1.86. The summed E-state index contributed by atoms with van der Waals surface area (Å²) in [6.07, 6.45) is -4.37. The van der Waals surface area contributed by atoms with Gasteiger partial charge in [-0.05, 0) is 31.4 Å². The van der Waals surface area contributed by atoms with E-state index < -0.39 is 62.2 Å². The van der Waals surface area contributed by atoms with Crippen molar-refractivity contribution in [2.75, 3.05) is 13.2 Å². The van der Waals surface area contributed by atoms with Crippen molar-refractivity contribution < 1.29 is 52.1 Å². The fourth-order valence-corrected chi connectivity index (χ4v) is 6.02. The van der Waals surface area contributed by atoms with Crippen molar-refractivity contribution >= 4 is 31.2 Å². The number of phosphoric acid groups is 1. The zero-order valence-electron chi connectivity index (χ0n) is 24.0. The molecule has 3 heterocycles. The van der Waals surface area contributed by atoms with E-state index in [-0.39, 0.29) is 42.2 Å². The SMILES string of the molecule is CC(=O)CCC(=O)OC[C@H]1O[C@@H](n2ccc(=O)[nH]c2=O)[C@H](OC2CCCO2)[C@@]1(O)OP(=O)(O)Oc1cccc(CCC#N)c1Cl. The van der Waals surface area contributed by atoms with Gasteiger partial charge >= 0.3 is 19.5 Å². The Morgan fingerprint density at radius 3 is 2.73 bits per heavy atom. The second-order valence-corrected chi connectivity index (χ2v) is 11.9. The van der Waals surface area contributed by atoms with Gasteiger partial charge in [0.1, 0.15) is 18.1 Å². The van der Waals surface area contributed by atoms with Crippen molar-refractivity contribution in [3.8, 4) is 11.8 Å². The highest BCUT2D eigenvalue weighted by atomic mass is 35.5. The van der Waals surface area contributed by atoms with Crippen molar-refractivity contribution in [1.82, 2.24) is 9.55 Å². The molecule has 2 saturated heterocycles. The van der Waals surface area contributed by atoms with Crippen molar-refractivity contribution in [2.45, 2.75) is 76.0 Å². The van der Waals surface area contributed by atoms with Gasteiger partial charge in [-0.25, -0.2) is 13.9 Å². The van der Waals surface area contributed by atoms with Crippen LogP contribution in [0.4, 0.5) is 0 Å². The number of phosphoric ester groups is 1. The van der Waals surface area contributed by atoms with E-state index in [0.29, 0.717) is 25.0 Å². The van der Waals surface area contributed by atoms with Gasteiger partial charge in [0.05, 0.1) is 17.5 Å². The fourth-order valence-electron chi connectivity index (χ4n) is 4.67. The first-order chi connectivity index (χ1) is 21.3. The number of esters is 1. The van der Waals surface area contributed by atoms with Gasteiger partial charge in [0, 0.05) is 38.1 Å². The number of rotatable bonds is 14. The third kappa shape index (κ3) is 8.66. The number of nitrogens with one attached hydrogen (secondary N) is 1.